The van der Waals surface area contributed by atoms with Gasteiger partial charge in [-0.2, -0.15) is 5.48 Å². The van der Waals surface area contributed by atoms with Gasteiger partial charge in [-0.3, -0.25) is 9.59 Å². The predicted octanol–water partition coefficient (Wildman–Crippen LogP) is 3.57. The van der Waals surface area contributed by atoms with Gasteiger partial charge in [0, 0.05) is 12.1 Å². The molecule has 1 aliphatic rings. The van der Waals surface area contributed by atoms with Gasteiger partial charge in [0.2, 0.25) is 0 Å². The Bertz CT molecular complexity index is 861. The van der Waals surface area contributed by atoms with Crippen molar-refractivity contribution in [2.75, 3.05) is 11.9 Å². The molecule has 24 heavy (non-hydrogen) atoms. The van der Waals surface area contributed by atoms with Crippen LogP contribution in [0.15, 0.2) is 42.7 Å². The highest BCUT2D eigenvalue weighted by molar-refractivity contribution is 6.36. The van der Waals surface area contributed by atoms with Gasteiger partial charge in [-0.1, -0.05) is 17.7 Å². The second-order valence-electron chi connectivity index (χ2n) is 5.31. The SMILES string of the molecule is CNOC=Cc1ccc(N2C(=O)c3ccc(Cl)cc3C2=O)c(C)c1. The van der Waals surface area contributed by atoms with Crippen LogP contribution in [0.2, 0.25) is 5.02 Å². The van der Waals surface area contributed by atoms with E-state index in [2.05, 4.69) is 5.48 Å². The van der Waals surface area contributed by atoms with Gasteiger partial charge in [0.05, 0.1) is 16.8 Å². The summed E-state index contributed by atoms with van der Waals surface area (Å²) < 4.78 is 0. The van der Waals surface area contributed by atoms with Crippen molar-refractivity contribution in [3.05, 3.63) is 69.9 Å². The maximum atomic E-state index is 12.6. The van der Waals surface area contributed by atoms with Gasteiger partial charge in [0.15, 0.2) is 0 Å². The van der Waals surface area contributed by atoms with Gasteiger partial charge in [-0.15, -0.1) is 0 Å². The number of halogens is 1. The Morgan fingerprint density at radius 3 is 2.54 bits per heavy atom. The highest BCUT2D eigenvalue weighted by atomic mass is 35.5. The van der Waals surface area contributed by atoms with E-state index in [0.717, 1.165) is 11.1 Å². The third kappa shape index (κ3) is 2.79. The molecule has 0 saturated carbocycles. The number of imide groups is 1. The van der Waals surface area contributed by atoms with Crippen LogP contribution >= 0.6 is 11.6 Å². The molecule has 0 saturated heterocycles. The van der Waals surface area contributed by atoms with Crippen LogP contribution in [-0.4, -0.2) is 18.9 Å². The second-order valence-corrected chi connectivity index (χ2v) is 5.74. The molecule has 5 nitrogen and oxygen atoms in total. The molecule has 2 aromatic carbocycles. The van der Waals surface area contributed by atoms with Crippen LogP contribution in [0.4, 0.5) is 5.69 Å². The number of amides is 2. The molecule has 0 spiro atoms. The Kier molecular flexibility index (Phi) is 4.38. The van der Waals surface area contributed by atoms with Crippen LogP contribution in [-0.2, 0) is 4.84 Å². The van der Waals surface area contributed by atoms with E-state index in [-0.39, 0.29) is 11.8 Å². The molecule has 0 aromatic heterocycles. The number of nitrogens with zero attached hydrogens (tertiary/aromatic N) is 1. The fourth-order valence-corrected chi connectivity index (χ4v) is 2.82. The number of hydrogen-bond acceptors (Lipinski definition) is 4. The second kappa shape index (κ2) is 6.47. The minimum absolute atomic E-state index is 0.332. The Balaban J connectivity index is 1.96. The predicted molar refractivity (Wildman–Crippen MR) is 92.9 cm³/mol. The number of rotatable bonds is 4. The lowest BCUT2D eigenvalue weighted by molar-refractivity contribution is 0.0926. The fourth-order valence-electron chi connectivity index (χ4n) is 2.65. The largest absolute Gasteiger partial charge is 0.417 e. The van der Waals surface area contributed by atoms with Crippen molar-refractivity contribution >= 4 is 35.2 Å². The molecular weight excluding hydrogens is 328 g/mol. The Morgan fingerprint density at radius 2 is 1.83 bits per heavy atom. The molecule has 0 bridgehead atoms. The third-order valence-corrected chi connectivity index (χ3v) is 3.99. The Morgan fingerprint density at radius 1 is 1.08 bits per heavy atom. The van der Waals surface area contributed by atoms with Crippen molar-refractivity contribution in [1.82, 2.24) is 5.48 Å². The molecule has 0 unspecified atom stereocenters. The summed E-state index contributed by atoms with van der Waals surface area (Å²) in [4.78, 5) is 31.3. The molecule has 1 aliphatic heterocycles. The van der Waals surface area contributed by atoms with E-state index < -0.39 is 0 Å². The maximum absolute atomic E-state index is 12.6. The summed E-state index contributed by atoms with van der Waals surface area (Å²) in [5.74, 6) is -0.695. The summed E-state index contributed by atoms with van der Waals surface area (Å²) in [5.41, 5.74) is 5.50. The van der Waals surface area contributed by atoms with Crippen molar-refractivity contribution in [3.63, 3.8) is 0 Å². The number of hydrogen-bond donors (Lipinski definition) is 1. The number of aryl methyl sites for hydroxylation is 1. The molecule has 0 atom stereocenters. The summed E-state index contributed by atoms with van der Waals surface area (Å²) in [6.45, 7) is 1.85. The highest BCUT2D eigenvalue weighted by Crippen LogP contribution is 2.32. The van der Waals surface area contributed by atoms with E-state index in [9.17, 15) is 9.59 Å². The molecule has 122 valence electrons. The monoisotopic (exact) mass is 342 g/mol. The standard InChI is InChI=1S/C18H15ClN2O3/c1-11-9-12(7-8-24-20-2)3-6-16(11)21-17(22)14-5-4-13(19)10-15(14)18(21)23/h3-10,20H,1-2H3. The molecular formula is C18H15ClN2O3. The molecule has 0 aliphatic carbocycles. The summed E-state index contributed by atoms with van der Waals surface area (Å²) >= 11 is 5.94. The smallest absolute Gasteiger partial charge is 0.266 e. The zero-order chi connectivity index (χ0) is 17.3. The number of carbonyl (C=O) groups is 2. The lowest BCUT2D eigenvalue weighted by Crippen LogP contribution is -2.30. The quantitative estimate of drug-likeness (QED) is 0.524. The fraction of sp³-hybridized carbons (Fsp3) is 0.111. The number of nitrogens with one attached hydrogen (secondary N) is 1. The summed E-state index contributed by atoms with van der Waals surface area (Å²) in [6.07, 6.45) is 3.29. The van der Waals surface area contributed by atoms with Crippen molar-refractivity contribution in [2.24, 2.45) is 0 Å². The first-order valence-electron chi connectivity index (χ1n) is 7.31. The summed E-state index contributed by atoms with van der Waals surface area (Å²) in [7, 11) is 1.66. The van der Waals surface area contributed by atoms with E-state index in [1.165, 1.54) is 17.2 Å². The van der Waals surface area contributed by atoms with Crippen molar-refractivity contribution in [2.45, 2.75) is 6.92 Å². The van der Waals surface area contributed by atoms with E-state index in [1.807, 2.05) is 19.1 Å². The van der Waals surface area contributed by atoms with E-state index >= 15 is 0 Å². The van der Waals surface area contributed by atoms with Crippen LogP contribution in [0.1, 0.15) is 31.8 Å². The van der Waals surface area contributed by atoms with Crippen molar-refractivity contribution < 1.29 is 14.4 Å². The molecule has 6 heteroatoms. The van der Waals surface area contributed by atoms with Gasteiger partial charge < -0.3 is 4.84 Å². The zero-order valence-electron chi connectivity index (χ0n) is 13.2. The number of hydroxylamine groups is 1. The molecule has 0 fully saturated rings. The summed E-state index contributed by atoms with van der Waals surface area (Å²) in [6, 6.07) is 10.2. The average Bonchev–Trinajstić information content (AvgIpc) is 2.79. The number of carbonyl (C=O) groups excluding carboxylic acids is 2. The lowest BCUT2D eigenvalue weighted by atomic mass is 10.1. The summed E-state index contributed by atoms with van der Waals surface area (Å²) in [5, 5.41) is 0.429. The van der Waals surface area contributed by atoms with Crippen molar-refractivity contribution in [3.8, 4) is 0 Å². The van der Waals surface area contributed by atoms with Crippen LogP contribution in [0.25, 0.3) is 6.08 Å². The topological polar surface area (TPSA) is 58.6 Å². The van der Waals surface area contributed by atoms with Gasteiger partial charge in [0.1, 0.15) is 6.26 Å². The van der Waals surface area contributed by atoms with Gasteiger partial charge in [-0.25, -0.2) is 4.90 Å². The van der Waals surface area contributed by atoms with Crippen molar-refractivity contribution in [1.29, 1.82) is 0 Å². The van der Waals surface area contributed by atoms with E-state index in [0.29, 0.717) is 21.8 Å². The molecule has 2 aromatic rings. The minimum atomic E-state index is -0.359. The van der Waals surface area contributed by atoms with Crippen LogP contribution in [0, 0.1) is 6.92 Å². The van der Waals surface area contributed by atoms with Crippen LogP contribution in [0.3, 0.4) is 0 Å². The minimum Gasteiger partial charge on any atom is -0.417 e. The van der Waals surface area contributed by atoms with Gasteiger partial charge in [-0.05, 0) is 54.5 Å². The molecule has 1 heterocycles. The van der Waals surface area contributed by atoms with Crippen LogP contribution < -0.4 is 10.4 Å². The Labute approximate surface area is 144 Å². The number of anilines is 1. The van der Waals surface area contributed by atoms with Crippen LogP contribution in [0.5, 0.6) is 0 Å². The Hall–Kier alpha value is -2.63. The van der Waals surface area contributed by atoms with E-state index in [4.69, 9.17) is 16.4 Å². The van der Waals surface area contributed by atoms with Gasteiger partial charge in [0.25, 0.3) is 11.8 Å². The zero-order valence-corrected chi connectivity index (χ0v) is 13.9. The maximum Gasteiger partial charge on any atom is 0.266 e. The first kappa shape index (κ1) is 16.2. The number of benzene rings is 2. The number of fused-ring (bicyclic) bond motifs is 1. The molecule has 3 rings (SSSR count). The first-order valence-corrected chi connectivity index (χ1v) is 7.68. The highest BCUT2D eigenvalue weighted by Gasteiger charge is 2.37. The normalized spacial score (nSPS) is 13.7. The average molecular weight is 343 g/mol. The molecule has 2 amide bonds. The molecule has 1 N–H and O–H groups in total. The van der Waals surface area contributed by atoms with Gasteiger partial charge >= 0.3 is 0 Å². The third-order valence-electron chi connectivity index (χ3n) is 3.76. The van der Waals surface area contributed by atoms with E-state index in [1.54, 1.807) is 31.3 Å². The lowest BCUT2D eigenvalue weighted by Gasteiger charge is -2.17. The first-order chi connectivity index (χ1) is 11.5. The molecule has 0 radical (unpaired) electrons.